The summed E-state index contributed by atoms with van der Waals surface area (Å²) < 4.78 is 33.2. The molecule has 0 aliphatic rings. The second kappa shape index (κ2) is 19.9. The van der Waals surface area contributed by atoms with Gasteiger partial charge in [-0.05, 0) is 24.6 Å². The van der Waals surface area contributed by atoms with Crippen molar-refractivity contribution < 1.29 is 27.5 Å². The summed E-state index contributed by atoms with van der Waals surface area (Å²) in [5.41, 5.74) is -0.781. The third-order valence-corrected chi connectivity index (χ3v) is 8.81. The monoisotopic (exact) mass is 628 g/mol. The summed E-state index contributed by atoms with van der Waals surface area (Å²) in [6.45, 7) is 9.14. The van der Waals surface area contributed by atoms with Gasteiger partial charge >= 0.3 is 0 Å². The zero-order chi connectivity index (χ0) is 31.6. The van der Waals surface area contributed by atoms with E-state index in [1.165, 1.54) is 95.8 Å². The maximum Gasteiger partial charge on any atom is 0.264 e. The first-order valence-corrected chi connectivity index (χ1v) is 17.6. The van der Waals surface area contributed by atoms with Crippen LogP contribution in [0.2, 0.25) is 0 Å². The predicted molar refractivity (Wildman–Crippen MR) is 171 cm³/mol. The number of carbonyl (C=O) groups excluding carboxylic acids is 3. The molecule has 8 nitrogen and oxygen atoms in total. The van der Waals surface area contributed by atoms with Crippen molar-refractivity contribution in [2.24, 2.45) is 5.41 Å². The standard InChI is InChI=1S/C32H53ClN2O6S/c1-6-8-9-10-11-12-13-14-15-16-17-18-19-20-23-41-27-22-21-25(42(39,40)35-28(36)7-2)24-26(27)34-31(38)29(33)30(37)32(3,4)5/h21-22,24,29H,6-20,23H2,1-5H3,(H,34,38)(H,35,36). The van der Waals surface area contributed by atoms with Crippen molar-refractivity contribution in [1.82, 2.24) is 4.72 Å². The first-order chi connectivity index (χ1) is 19.8. The third-order valence-electron chi connectivity index (χ3n) is 7.04. The van der Waals surface area contributed by atoms with Gasteiger partial charge in [-0.15, -0.1) is 11.6 Å². The van der Waals surface area contributed by atoms with Crippen LogP contribution < -0.4 is 14.8 Å². The van der Waals surface area contributed by atoms with E-state index in [1.54, 1.807) is 20.8 Å². The van der Waals surface area contributed by atoms with Gasteiger partial charge in [0.1, 0.15) is 5.75 Å². The molecule has 42 heavy (non-hydrogen) atoms. The number of anilines is 1. The Balaban J connectivity index is 2.64. The highest BCUT2D eigenvalue weighted by Crippen LogP contribution is 2.30. The molecule has 1 rings (SSSR count). The van der Waals surface area contributed by atoms with Crippen LogP contribution in [0.25, 0.3) is 0 Å². The van der Waals surface area contributed by atoms with E-state index in [4.69, 9.17) is 16.3 Å². The normalized spacial score (nSPS) is 12.5. The number of hydrogen-bond donors (Lipinski definition) is 2. The van der Waals surface area contributed by atoms with E-state index in [0.29, 0.717) is 6.61 Å². The molecule has 0 radical (unpaired) electrons. The van der Waals surface area contributed by atoms with Gasteiger partial charge in [0, 0.05) is 11.8 Å². The van der Waals surface area contributed by atoms with Gasteiger partial charge in [0.05, 0.1) is 17.2 Å². The number of nitrogens with one attached hydrogen (secondary N) is 2. The Morgan fingerprint density at radius 1 is 0.833 bits per heavy atom. The van der Waals surface area contributed by atoms with Crippen LogP contribution in [0.1, 0.15) is 131 Å². The number of Topliss-reactive ketones (excluding diaryl/α,β-unsaturated/α-hetero) is 1. The average molecular weight is 629 g/mol. The average Bonchev–Trinajstić information content (AvgIpc) is 2.93. The van der Waals surface area contributed by atoms with E-state index in [-0.39, 0.29) is 22.8 Å². The topological polar surface area (TPSA) is 119 Å². The molecule has 0 aliphatic carbocycles. The number of amides is 2. The lowest BCUT2D eigenvalue weighted by Gasteiger charge is -2.21. The van der Waals surface area contributed by atoms with Crippen molar-refractivity contribution in [3.63, 3.8) is 0 Å². The Morgan fingerprint density at radius 3 is 1.81 bits per heavy atom. The smallest absolute Gasteiger partial charge is 0.264 e. The van der Waals surface area contributed by atoms with Crippen molar-refractivity contribution in [2.75, 3.05) is 11.9 Å². The lowest BCUT2D eigenvalue weighted by molar-refractivity contribution is -0.130. The van der Waals surface area contributed by atoms with E-state index in [2.05, 4.69) is 12.2 Å². The quantitative estimate of drug-likeness (QED) is 0.0765. The Hall–Kier alpha value is -2.13. The summed E-state index contributed by atoms with van der Waals surface area (Å²) in [5.74, 6) is -1.66. The van der Waals surface area contributed by atoms with Crippen LogP contribution in [0, 0.1) is 5.41 Å². The van der Waals surface area contributed by atoms with Gasteiger partial charge in [-0.25, -0.2) is 13.1 Å². The second-order valence-electron chi connectivity index (χ2n) is 12.0. The van der Waals surface area contributed by atoms with Gasteiger partial charge in [0.2, 0.25) is 11.8 Å². The zero-order valence-corrected chi connectivity index (χ0v) is 27.9. The molecule has 1 aromatic rings. The summed E-state index contributed by atoms with van der Waals surface area (Å²) in [7, 11) is -4.16. The molecule has 10 heteroatoms. The lowest BCUT2D eigenvalue weighted by atomic mass is 9.88. The molecular formula is C32H53ClN2O6S. The van der Waals surface area contributed by atoms with Crippen LogP contribution in [0.3, 0.4) is 0 Å². The van der Waals surface area contributed by atoms with Gasteiger partial charge in [-0.3, -0.25) is 14.4 Å². The molecule has 1 unspecified atom stereocenters. The van der Waals surface area contributed by atoms with Crippen molar-refractivity contribution in [3.05, 3.63) is 18.2 Å². The van der Waals surface area contributed by atoms with Gasteiger partial charge in [0.15, 0.2) is 11.2 Å². The molecule has 0 aliphatic heterocycles. The van der Waals surface area contributed by atoms with E-state index in [0.717, 1.165) is 19.3 Å². The predicted octanol–water partition coefficient (Wildman–Crippen LogP) is 7.92. The molecule has 1 atom stereocenters. The Morgan fingerprint density at radius 2 is 1.33 bits per heavy atom. The van der Waals surface area contributed by atoms with Crippen LogP contribution in [0.15, 0.2) is 23.1 Å². The summed E-state index contributed by atoms with van der Waals surface area (Å²) in [5, 5.41) is 1.08. The molecule has 0 saturated carbocycles. The minimum Gasteiger partial charge on any atom is -0.491 e. The fourth-order valence-electron chi connectivity index (χ4n) is 4.35. The van der Waals surface area contributed by atoms with Crippen LogP contribution >= 0.6 is 11.6 Å². The Bertz CT molecular complexity index is 1080. The molecule has 0 aromatic heterocycles. The maximum atomic E-state index is 12.8. The van der Waals surface area contributed by atoms with Gasteiger partial charge in [-0.1, -0.05) is 118 Å². The fraction of sp³-hybridized carbons (Fsp3) is 0.719. The minimum atomic E-state index is -4.16. The van der Waals surface area contributed by atoms with Crippen molar-refractivity contribution >= 4 is 44.9 Å². The molecule has 0 spiro atoms. The van der Waals surface area contributed by atoms with E-state index in [1.807, 2.05) is 4.72 Å². The Kier molecular flexibility index (Phi) is 18.0. The molecule has 240 valence electrons. The number of ketones is 1. The van der Waals surface area contributed by atoms with E-state index in [9.17, 15) is 22.8 Å². The van der Waals surface area contributed by atoms with Gasteiger partial charge in [-0.2, -0.15) is 0 Å². The van der Waals surface area contributed by atoms with Crippen molar-refractivity contribution in [1.29, 1.82) is 0 Å². The molecule has 0 fully saturated rings. The summed E-state index contributed by atoms with van der Waals surface area (Å²) in [6.07, 6.45) is 17.4. The summed E-state index contributed by atoms with van der Waals surface area (Å²) in [4.78, 5) is 36.8. The molecule has 2 amide bonds. The van der Waals surface area contributed by atoms with Gasteiger partial charge < -0.3 is 10.1 Å². The van der Waals surface area contributed by atoms with Crippen molar-refractivity contribution in [2.45, 2.75) is 141 Å². The molecule has 2 N–H and O–H groups in total. The number of rotatable bonds is 22. The number of benzene rings is 1. The molecule has 0 saturated heterocycles. The highest BCUT2D eigenvalue weighted by molar-refractivity contribution is 7.90. The number of ether oxygens (including phenoxy) is 1. The number of carbonyl (C=O) groups is 3. The first kappa shape index (κ1) is 37.9. The summed E-state index contributed by atoms with van der Waals surface area (Å²) >= 11 is 6.15. The third kappa shape index (κ3) is 14.9. The molecular weight excluding hydrogens is 576 g/mol. The molecule has 1 aromatic carbocycles. The van der Waals surface area contributed by atoms with E-state index >= 15 is 0 Å². The van der Waals surface area contributed by atoms with Crippen molar-refractivity contribution in [3.8, 4) is 5.75 Å². The SMILES string of the molecule is CCCCCCCCCCCCCCCCOc1ccc(S(=O)(=O)NC(=O)CC)cc1NC(=O)C(Cl)C(=O)C(C)(C)C. The summed E-state index contributed by atoms with van der Waals surface area (Å²) in [6, 6.07) is 3.94. The fourth-order valence-corrected chi connectivity index (χ4v) is 5.82. The van der Waals surface area contributed by atoms with Crippen LogP contribution in [-0.4, -0.2) is 38.0 Å². The largest absolute Gasteiger partial charge is 0.491 e. The number of halogens is 1. The second-order valence-corrected chi connectivity index (χ2v) is 14.1. The van der Waals surface area contributed by atoms with Crippen LogP contribution in [0.4, 0.5) is 5.69 Å². The number of sulfonamides is 1. The van der Waals surface area contributed by atoms with Crippen LogP contribution in [-0.2, 0) is 24.4 Å². The molecule has 0 heterocycles. The number of hydrogen-bond acceptors (Lipinski definition) is 6. The van der Waals surface area contributed by atoms with Crippen LogP contribution in [0.5, 0.6) is 5.75 Å². The number of alkyl halides is 1. The van der Waals surface area contributed by atoms with E-state index < -0.39 is 38.4 Å². The zero-order valence-electron chi connectivity index (χ0n) is 26.4. The first-order valence-electron chi connectivity index (χ1n) is 15.6. The highest BCUT2D eigenvalue weighted by Gasteiger charge is 2.33. The Labute approximate surface area is 259 Å². The van der Waals surface area contributed by atoms with Gasteiger partial charge in [0.25, 0.3) is 10.0 Å². The minimum absolute atomic E-state index is 0.00788. The maximum absolute atomic E-state index is 12.8. The number of unbranched alkanes of at least 4 members (excludes halogenated alkanes) is 13. The lowest BCUT2D eigenvalue weighted by Crippen LogP contribution is -2.37. The molecule has 0 bridgehead atoms. The highest BCUT2D eigenvalue weighted by atomic mass is 35.5.